The molecule has 216 valence electrons. The minimum Gasteiger partial charge on any atom is -0.477 e. The quantitative estimate of drug-likeness (QED) is 0.103. The van der Waals surface area contributed by atoms with Crippen LogP contribution in [-0.4, -0.2) is 124 Å². The van der Waals surface area contributed by atoms with Crippen LogP contribution in [0.3, 0.4) is 0 Å². The second kappa shape index (κ2) is 13.1. The number of carboxylic acid groups (broad SMARTS) is 1. The van der Waals surface area contributed by atoms with Crippen LogP contribution in [0.4, 0.5) is 9.93 Å². The number of piperazine rings is 1. The molecule has 0 saturated carbocycles. The van der Waals surface area contributed by atoms with E-state index in [9.17, 15) is 29.1 Å². The second-order valence-corrected chi connectivity index (χ2v) is 11.0. The molecule has 0 aliphatic carbocycles. The summed E-state index contributed by atoms with van der Waals surface area (Å²) in [6.07, 6.45) is 0.548. The Morgan fingerprint density at radius 3 is 2.70 bits per heavy atom. The van der Waals surface area contributed by atoms with Crippen LogP contribution >= 0.6 is 23.1 Å². The van der Waals surface area contributed by atoms with Crippen LogP contribution < -0.4 is 10.6 Å². The highest BCUT2D eigenvalue weighted by molar-refractivity contribution is 8.00. The Bertz CT molecular complexity index is 1230. The number of anilines is 1. The smallest absolute Gasteiger partial charge is 0.410 e. The number of carboxylic acids is 1. The first-order valence-electron chi connectivity index (χ1n) is 12.4. The van der Waals surface area contributed by atoms with Crippen LogP contribution in [-0.2, 0) is 28.8 Å². The van der Waals surface area contributed by atoms with Crippen molar-refractivity contribution < 1.29 is 38.7 Å². The van der Waals surface area contributed by atoms with Gasteiger partial charge in [0.15, 0.2) is 10.8 Å². The van der Waals surface area contributed by atoms with Crippen molar-refractivity contribution in [2.24, 2.45) is 5.16 Å². The fourth-order valence-electron chi connectivity index (χ4n) is 4.14. The summed E-state index contributed by atoms with van der Waals surface area (Å²) in [7, 11) is 1.96. The van der Waals surface area contributed by atoms with E-state index in [0.29, 0.717) is 44.6 Å². The molecule has 2 saturated heterocycles. The predicted molar refractivity (Wildman–Crippen MR) is 145 cm³/mol. The number of rotatable bonds is 11. The number of fused-ring (bicyclic) bond motifs is 1. The van der Waals surface area contributed by atoms with Gasteiger partial charge in [0.2, 0.25) is 6.41 Å². The van der Waals surface area contributed by atoms with Crippen molar-refractivity contribution >= 4 is 64.2 Å². The van der Waals surface area contributed by atoms with Crippen molar-refractivity contribution in [3.63, 3.8) is 0 Å². The third-order valence-electron chi connectivity index (χ3n) is 6.26. The maximum atomic E-state index is 13.1. The van der Waals surface area contributed by atoms with Crippen LogP contribution in [0, 0.1) is 0 Å². The van der Waals surface area contributed by atoms with Crippen molar-refractivity contribution in [1.29, 1.82) is 0 Å². The fraction of sp³-hybridized carbons (Fsp3) is 0.522. The number of nitrogens with one attached hydrogen (secondary N) is 2. The first kappa shape index (κ1) is 29.3. The Morgan fingerprint density at radius 2 is 2.02 bits per heavy atom. The molecule has 0 radical (unpaired) electrons. The number of amides is 4. The summed E-state index contributed by atoms with van der Waals surface area (Å²) in [5, 5.41) is 19.8. The number of oxime groups is 1. The molecule has 40 heavy (non-hydrogen) atoms. The lowest BCUT2D eigenvalue weighted by atomic mass is 10.0. The molecular weight excluding hydrogens is 566 g/mol. The van der Waals surface area contributed by atoms with Gasteiger partial charge in [0.25, 0.3) is 11.8 Å². The average Bonchev–Trinajstić information content (AvgIpc) is 3.40. The largest absolute Gasteiger partial charge is 0.477 e. The predicted octanol–water partition coefficient (Wildman–Crippen LogP) is -0.0353. The summed E-state index contributed by atoms with van der Waals surface area (Å²) < 4.78 is 5.38. The molecule has 4 rings (SSSR count). The molecule has 1 unspecified atom stereocenters. The van der Waals surface area contributed by atoms with E-state index in [1.165, 1.54) is 17.1 Å². The number of hydrogen-bond donors (Lipinski definition) is 3. The maximum Gasteiger partial charge on any atom is 0.410 e. The van der Waals surface area contributed by atoms with E-state index < -0.39 is 35.3 Å². The topological polar surface area (TPSA) is 183 Å². The van der Waals surface area contributed by atoms with Crippen LogP contribution in [0.1, 0.15) is 19.0 Å². The van der Waals surface area contributed by atoms with E-state index in [-0.39, 0.29) is 41.2 Å². The Morgan fingerprint density at radius 1 is 1.27 bits per heavy atom. The van der Waals surface area contributed by atoms with Crippen molar-refractivity contribution in [2.75, 3.05) is 57.5 Å². The summed E-state index contributed by atoms with van der Waals surface area (Å²) in [5.74, 6) is -2.51. The average molecular weight is 596 g/mol. The zero-order valence-electron chi connectivity index (χ0n) is 21.8. The van der Waals surface area contributed by atoms with Crippen molar-refractivity contribution in [2.45, 2.75) is 24.8 Å². The van der Waals surface area contributed by atoms with Crippen LogP contribution in [0.2, 0.25) is 0 Å². The molecule has 3 aliphatic heterocycles. The highest BCUT2D eigenvalue weighted by Gasteiger charge is 2.54. The first-order valence-corrected chi connectivity index (χ1v) is 14.3. The lowest BCUT2D eigenvalue weighted by molar-refractivity contribution is -0.150. The fourth-order valence-corrected chi connectivity index (χ4v) is 6.12. The molecule has 4 heterocycles. The second-order valence-electron chi connectivity index (χ2n) is 9.04. The Kier molecular flexibility index (Phi) is 9.59. The number of aliphatic carboxylic acids is 1. The van der Waals surface area contributed by atoms with Gasteiger partial charge in [-0.15, -0.1) is 23.1 Å². The normalized spacial score (nSPS) is 21.4. The van der Waals surface area contributed by atoms with Crippen molar-refractivity contribution in [3.05, 3.63) is 22.3 Å². The monoisotopic (exact) mass is 595 g/mol. The minimum atomic E-state index is -1.33. The van der Waals surface area contributed by atoms with E-state index >= 15 is 0 Å². The highest BCUT2D eigenvalue weighted by Crippen LogP contribution is 2.40. The van der Waals surface area contributed by atoms with E-state index in [1.54, 1.807) is 4.90 Å². The van der Waals surface area contributed by atoms with Crippen molar-refractivity contribution in [1.82, 2.24) is 25.0 Å². The van der Waals surface area contributed by atoms with Gasteiger partial charge in [0, 0.05) is 42.9 Å². The molecule has 1 aromatic heterocycles. The zero-order chi connectivity index (χ0) is 28.8. The van der Waals surface area contributed by atoms with Gasteiger partial charge < -0.3 is 35.1 Å². The van der Waals surface area contributed by atoms with Gasteiger partial charge in [-0.2, -0.15) is 0 Å². The number of hydrogen-bond acceptors (Lipinski definition) is 12. The number of thiazole rings is 1. The van der Waals surface area contributed by atoms with Crippen LogP contribution in [0.15, 0.2) is 21.8 Å². The van der Waals surface area contributed by atoms with E-state index in [2.05, 4.69) is 25.7 Å². The number of carbonyl (C=O) groups is 5. The van der Waals surface area contributed by atoms with Gasteiger partial charge in [0.05, 0.1) is 0 Å². The number of carbonyl (C=O) groups excluding carboxylic acids is 4. The number of thioether (sulfide) groups is 1. The molecule has 2 fully saturated rings. The molecule has 0 bridgehead atoms. The summed E-state index contributed by atoms with van der Waals surface area (Å²) in [6, 6.07) is -1.02. The van der Waals surface area contributed by atoms with Gasteiger partial charge in [-0.05, 0) is 13.5 Å². The van der Waals surface area contributed by atoms with E-state index in [1.807, 2.05) is 14.0 Å². The Labute approximate surface area is 237 Å². The molecule has 2 atom stereocenters. The molecule has 1 aromatic rings. The summed E-state index contributed by atoms with van der Waals surface area (Å²) in [6.45, 7) is 4.27. The number of ether oxygens (including phenoxy) is 1. The molecule has 17 heteroatoms. The maximum absolute atomic E-state index is 13.1. The number of aromatic nitrogens is 1. The lowest BCUT2D eigenvalue weighted by Gasteiger charge is -2.49. The molecule has 3 aliphatic rings. The first-order chi connectivity index (χ1) is 19.2. The van der Waals surface area contributed by atoms with Gasteiger partial charge in [-0.1, -0.05) is 12.1 Å². The number of β-lactam (4-membered cyclic amide) rings is 1. The van der Waals surface area contributed by atoms with E-state index in [0.717, 1.165) is 16.2 Å². The number of likely N-dealkylation sites (N-methyl/N-ethyl adjacent to an activating group) is 1. The van der Waals surface area contributed by atoms with E-state index in [4.69, 9.17) is 9.57 Å². The third kappa shape index (κ3) is 6.37. The molecule has 0 aromatic carbocycles. The highest BCUT2D eigenvalue weighted by atomic mass is 32.2. The third-order valence-corrected chi connectivity index (χ3v) is 8.38. The van der Waals surface area contributed by atoms with Gasteiger partial charge in [-0.25, -0.2) is 14.6 Å². The van der Waals surface area contributed by atoms with Crippen LogP contribution in [0.5, 0.6) is 0 Å². The summed E-state index contributed by atoms with van der Waals surface area (Å²) in [4.78, 5) is 75.6. The molecular formula is C23H29N7O8S2. The zero-order valence-corrected chi connectivity index (χ0v) is 23.5. The summed E-state index contributed by atoms with van der Waals surface area (Å²) in [5.41, 5.74) is -0.0170. The summed E-state index contributed by atoms with van der Waals surface area (Å²) >= 11 is 2.32. The molecule has 15 nitrogen and oxygen atoms in total. The Balaban J connectivity index is 1.44. The van der Waals surface area contributed by atoms with Crippen LogP contribution in [0.25, 0.3) is 0 Å². The standard InChI is InChI=1S/C23H29N7O8S2/c1-3-8-38-27-15(14-11-40-22(25-14)24-12-31)18(32)26-16-19(33)30-17(21(34)35)13(10-39-20(16)30)9-37-23(36)29-6-4-28(2)5-7-29/h11-12,16,20H,3-10H2,1-2H3,(H,26,32)(H,34,35)(H,24,25,31)/t16?,20-/m1/s1. The Hall–Kier alpha value is -3.70. The van der Waals surface area contributed by atoms with Crippen molar-refractivity contribution in [3.8, 4) is 0 Å². The van der Waals surface area contributed by atoms with Gasteiger partial charge in [0.1, 0.15) is 36.0 Å². The SMILES string of the molecule is CCCON=C(C(=O)NC1C(=O)N2C(C(=O)O)=C(COC(=O)N3CCN(C)CC3)CS[C@H]12)c1csc(NC=O)n1. The molecule has 0 spiro atoms. The molecule has 3 N–H and O–H groups in total. The lowest BCUT2D eigenvalue weighted by Crippen LogP contribution is -2.71. The van der Waals surface area contributed by atoms with Gasteiger partial charge in [-0.3, -0.25) is 19.3 Å². The van der Waals surface area contributed by atoms with Gasteiger partial charge >= 0.3 is 12.1 Å². The minimum absolute atomic E-state index is 0.137. The number of nitrogens with zero attached hydrogens (tertiary/aromatic N) is 5. The molecule has 4 amide bonds.